The molecule has 0 aliphatic carbocycles. The second-order valence-corrected chi connectivity index (χ2v) is 9.83. The van der Waals surface area contributed by atoms with Gasteiger partial charge in [-0.15, -0.1) is 0 Å². The van der Waals surface area contributed by atoms with Gasteiger partial charge in [-0.3, -0.25) is 14.4 Å². The van der Waals surface area contributed by atoms with E-state index in [0.29, 0.717) is 12.8 Å². The standard InChI is InChI=1S/C27H46N2O9/c1-20(30)16-17-21(26(35)36)28-23(31)14-12-10-8-6-4-2-3-5-7-9-11-13-15-24(32)29-22(27(37)38)18-19-25(33)34/h21-22H,2-19H2,1H3,(H,28,31)(H,29,32)(H,33,34)(H,35,36)(H,37,38). The third-order valence-electron chi connectivity index (χ3n) is 6.26. The molecule has 38 heavy (non-hydrogen) atoms. The molecule has 0 radical (unpaired) electrons. The molecule has 0 aliphatic heterocycles. The van der Waals surface area contributed by atoms with Gasteiger partial charge >= 0.3 is 17.9 Å². The predicted octanol–water partition coefficient (Wildman–Crippen LogP) is 3.82. The van der Waals surface area contributed by atoms with Crippen LogP contribution in [0.25, 0.3) is 0 Å². The zero-order valence-corrected chi connectivity index (χ0v) is 22.7. The monoisotopic (exact) mass is 542 g/mol. The lowest BCUT2D eigenvalue weighted by Gasteiger charge is -2.13. The Morgan fingerprint density at radius 3 is 1.11 bits per heavy atom. The van der Waals surface area contributed by atoms with Gasteiger partial charge in [-0.05, 0) is 32.6 Å². The van der Waals surface area contributed by atoms with Gasteiger partial charge in [-0.2, -0.15) is 0 Å². The maximum Gasteiger partial charge on any atom is 0.326 e. The van der Waals surface area contributed by atoms with Crippen molar-refractivity contribution in [2.24, 2.45) is 0 Å². The zero-order valence-electron chi connectivity index (χ0n) is 22.7. The van der Waals surface area contributed by atoms with Crippen molar-refractivity contribution < 1.29 is 44.1 Å². The van der Waals surface area contributed by atoms with Crippen LogP contribution in [0.5, 0.6) is 0 Å². The first-order valence-corrected chi connectivity index (χ1v) is 13.8. The van der Waals surface area contributed by atoms with E-state index in [1.54, 1.807) is 0 Å². The fraction of sp³-hybridized carbons (Fsp3) is 0.778. The van der Waals surface area contributed by atoms with Crippen LogP contribution in [0.2, 0.25) is 0 Å². The quantitative estimate of drug-likeness (QED) is 0.107. The highest BCUT2D eigenvalue weighted by Gasteiger charge is 2.21. The Labute approximate surface area is 225 Å². The van der Waals surface area contributed by atoms with Crippen LogP contribution < -0.4 is 10.6 Å². The van der Waals surface area contributed by atoms with Gasteiger partial charge in [-0.1, -0.05) is 64.2 Å². The lowest BCUT2D eigenvalue weighted by molar-refractivity contribution is -0.143. The molecule has 0 saturated carbocycles. The van der Waals surface area contributed by atoms with E-state index in [1.165, 1.54) is 6.92 Å². The third-order valence-corrected chi connectivity index (χ3v) is 6.26. The number of Topliss-reactive ketones (excluding diaryl/α,β-unsaturated/α-hetero) is 1. The van der Waals surface area contributed by atoms with Crippen molar-refractivity contribution in [2.75, 3.05) is 0 Å². The minimum Gasteiger partial charge on any atom is -0.481 e. The summed E-state index contributed by atoms with van der Waals surface area (Å²) in [5, 5.41) is 31.7. The minimum atomic E-state index is -1.23. The van der Waals surface area contributed by atoms with E-state index in [2.05, 4.69) is 10.6 Å². The van der Waals surface area contributed by atoms with Gasteiger partial charge in [0.25, 0.3) is 0 Å². The Hall–Kier alpha value is -2.98. The molecule has 2 atom stereocenters. The number of nitrogens with one attached hydrogen (secondary N) is 2. The lowest BCUT2D eigenvalue weighted by atomic mass is 10.0. The summed E-state index contributed by atoms with van der Waals surface area (Å²) < 4.78 is 0. The molecule has 11 heteroatoms. The summed E-state index contributed by atoms with van der Waals surface area (Å²) in [6.07, 6.45) is 12.3. The van der Waals surface area contributed by atoms with E-state index in [0.717, 1.165) is 64.2 Å². The predicted molar refractivity (Wildman–Crippen MR) is 141 cm³/mol. The first kappa shape index (κ1) is 35.0. The molecule has 0 spiro atoms. The number of hydrogen-bond acceptors (Lipinski definition) is 6. The average molecular weight is 543 g/mol. The van der Waals surface area contributed by atoms with Crippen molar-refractivity contribution in [1.82, 2.24) is 10.6 Å². The Bertz CT molecular complexity index is 693. The van der Waals surface area contributed by atoms with Crippen LogP contribution in [0.4, 0.5) is 0 Å². The molecule has 0 aliphatic rings. The van der Waals surface area contributed by atoms with Crippen LogP contribution in [-0.2, 0) is 28.8 Å². The number of ketones is 1. The van der Waals surface area contributed by atoms with Crippen molar-refractivity contribution in [1.29, 1.82) is 0 Å². The number of hydrogen-bond donors (Lipinski definition) is 5. The van der Waals surface area contributed by atoms with Crippen LogP contribution in [0.1, 0.15) is 122 Å². The summed E-state index contributed by atoms with van der Waals surface area (Å²) in [5.74, 6) is -4.20. The molecule has 0 heterocycles. The van der Waals surface area contributed by atoms with Gasteiger partial charge in [0.05, 0.1) is 0 Å². The molecule has 5 N–H and O–H groups in total. The number of carbonyl (C=O) groups is 6. The van der Waals surface area contributed by atoms with Gasteiger partial charge < -0.3 is 30.7 Å². The van der Waals surface area contributed by atoms with Crippen LogP contribution in [0.3, 0.4) is 0 Å². The third kappa shape index (κ3) is 21.1. The summed E-state index contributed by atoms with van der Waals surface area (Å²) in [6.45, 7) is 1.39. The maximum absolute atomic E-state index is 11.9. The highest BCUT2D eigenvalue weighted by atomic mass is 16.4. The van der Waals surface area contributed by atoms with Gasteiger partial charge in [0.2, 0.25) is 11.8 Å². The Kier molecular flexibility index (Phi) is 20.3. The topological polar surface area (TPSA) is 187 Å². The fourth-order valence-corrected chi connectivity index (χ4v) is 4.00. The van der Waals surface area contributed by atoms with E-state index in [4.69, 9.17) is 15.3 Å². The number of rotatable bonds is 25. The average Bonchev–Trinajstić information content (AvgIpc) is 2.83. The number of carboxylic acids is 3. The molecule has 2 amide bonds. The summed E-state index contributed by atoms with van der Waals surface area (Å²) in [6, 6.07) is -2.18. The first-order valence-electron chi connectivity index (χ1n) is 13.8. The second kappa shape index (κ2) is 22.0. The van der Waals surface area contributed by atoms with Crippen LogP contribution in [0, 0.1) is 0 Å². The van der Waals surface area contributed by atoms with Crippen molar-refractivity contribution in [3.05, 3.63) is 0 Å². The molecule has 0 saturated heterocycles. The molecule has 0 aromatic carbocycles. The normalized spacial score (nSPS) is 12.3. The first-order chi connectivity index (χ1) is 18.0. The number of aliphatic carboxylic acids is 3. The summed E-state index contributed by atoms with van der Waals surface area (Å²) in [7, 11) is 0. The molecule has 0 rings (SSSR count). The van der Waals surface area contributed by atoms with Gasteiger partial charge in [0, 0.05) is 25.7 Å². The largest absolute Gasteiger partial charge is 0.481 e. The van der Waals surface area contributed by atoms with Crippen molar-refractivity contribution >= 4 is 35.5 Å². The van der Waals surface area contributed by atoms with Gasteiger partial charge in [0.15, 0.2) is 0 Å². The van der Waals surface area contributed by atoms with Crippen molar-refractivity contribution in [3.8, 4) is 0 Å². The number of carbonyl (C=O) groups excluding carboxylic acids is 3. The van der Waals surface area contributed by atoms with Crippen molar-refractivity contribution in [2.45, 2.75) is 135 Å². The SMILES string of the molecule is CC(=O)CCC(NC(=O)CCCCCCCCCCCCCCC(=O)NC(CCC(=O)O)C(=O)O)C(=O)O. The molecule has 0 bridgehead atoms. The van der Waals surface area contributed by atoms with Gasteiger partial charge in [-0.25, -0.2) is 9.59 Å². The smallest absolute Gasteiger partial charge is 0.326 e. The molecule has 11 nitrogen and oxygen atoms in total. The minimum absolute atomic E-state index is 0.102. The molecule has 218 valence electrons. The number of amides is 2. The summed E-state index contributed by atoms with van der Waals surface area (Å²) >= 11 is 0. The van der Waals surface area contributed by atoms with Crippen molar-refractivity contribution in [3.63, 3.8) is 0 Å². The Morgan fingerprint density at radius 1 is 0.500 bits per heavy atom. The highest BCUT2D eigenvalue weighted by Crippen LogP contribution is 2.13. The van der Waals surface area contributed by atoms with Crippen LogP contribution in [-0.4, -0.2) is 62.9 Å². The fourth-order valence-electron chi connectivity index (χ4n) is 4.00. The highest BCUT2D eigenvalue weighted by molar-refractivity contribution is 5.84. The molecule has 2 unspecified atom stereocenters. The van der Waals surface area contributed by atoms with E-state index in [1.807, 2.05) is 0 Å². The molecule has 0 fully saturated rings. The molecular weight excluding hydrogens is 496 g/mol. The molecular formula is C27H46N2O9. The van der Waals surface area contributed by atoms with E-state index in [-0.39, 0.29) is 56.1 Å². The Balaban J connectivity index is 3.63. The van der Waals surface area contributed by atoms with E-state index in [9.17, 15) is 28.8 Å². The maximum atomic E-state index is 11.9. The molecule has 0 aromatic heterocycles. The second-order valence-electron chi connectivity index (χ2n) is 9.83. The molecule has 0 aromatic rings. The number of carboxylic acid groups (broad SMARTS) is 3. The summed E-state index contributed by atoms with van der Waals surface area (Å²) in [5.41, 5.74) is 0. The van der Waals surface area contributed by atoms with E-state index >= 15 is 0 Å². The Morgan fingerprint density at radius 2 is 0.816 bits per heavy atom. The summed E-state index contributed by atoms with van der Waals surface area (Å²) in [4.78, 5) is 67.7. The zero-order chi connectivity index (χ0) is 28.8. The lowest BCUT2D eigenvalue weighted by Crippen LogP contribution is -2.41. The van der Waals surface area contributed by atoms with Crippen LogP contribution >= 0.6 is 0 Å². The number of unbranched alkanes of at least 4 members (excludes halogenated alkanes) is 11. The van der Waals surface area contributed by atoms with E-state index < -0.39 is 30.0 Å². The van der Waals surface area contributed by atoms with Gasteiger partial charge in [0.1, 0.15) is 17.9 Å². The van der Waals surface area contributed by atoms with Crippen LogP contribution in [0.15, 0.2) is 0 Å².